The highest BCUT2D eigenvalue weighted by molar-refractivity contribution is 9.10. The molecule has 0 aromatic carbocycles. The van der Waals surface area contributed by atoms with Crippen LogP contribution in [0.15, 0.2) is 16.0 Å². The van der Waals surface area contributed by atoms with Gasteiger partial charge in [-0.2, -0.15) is 8.42 Å². The first-order valence-electron chi connectivity index (χ1n) is 4.57. The molecule has 0 spiro atoms. The number of sulfonamides is 1. The van der Waals surface area contributed by atoms with Crippen molar-refractivity contribution in [2.75, 3.05) is 4.72 Å². The van der Waals surface area contributed by atoms with Gasteiger partial charge in [-0.3, -0.25) is 4.72 Å². The molecule has 2 aromatic heterocycles. The number of nitrogens with one attached hydrogen (secondary N) is 1. The lowest BCUT2D eigenvalue weighted by Gasteiger charge is -2.09. The first kappa shape index (κ1) is 14.4. The lowest BCUT2D eigenvalue weighted by atomic mass is 10.6. The van der Waals surface area contributed by atoms with E-state index in [0.717, 1.165) is 11.0 Å². The molecule has 0 bridgehead atoms. The zero-order chi connectivity index (χ0) is 14.2. The molecule has 0 aliphatic carbocycles. The molecule has 8 nitrogen and oxygen atoms in total. The molecule has 2 aromatic rings. The van der Waals surface area contributed by atoms with Gasteiger partial charge in [-0.1, -0.05) is 28.4 Å². The lowest BCUT2D eigenvalue weighted by Crippen LogP contribution is -2.18. The lowest BCUT2D eigenvalue weighted by molar-refractivity contribution is 0.578. The highest BCUT2D eigenvalue weighted by atomic mass is 79.9. The zero-order valence-electron chi connectivity index (χ0n) is 9.17. The van der Waals surface area contributed by atoms with E-state index < -0.39 is 10.0 Å². The van der Waals surface area contributed by atoms with Crippen LogP contribution in [-0.4, -0.2) is 33.4 Å². The summed E-state index contributed by atoms with van der Waals surface area (Å²) in [6.45, 7) is 0. The Labute approximate surface area is 126 Å². The predicted octanol–water partition coefficient (Wildman–Crippen LogP) is 1.48. The molecule has 0 amide bonds. The van der Waals surface area contributed by atoms with Gasteiger partial charge in [0.2, 0.25) is 5.03 Å². The van der Waals surface area contributed by atoms with Crippen LogP contribution in [0.4, 0.5) is 5.69 Å². The fourth-order valence-electron chi connectivity index (χ4n) is 1.22. The van der Waals surface area contributed by atoms with Gasteiger partial charge in [-0.15, -0.1) is 5.10 Å². The number of aromatic nitrogens is 5. The average molecular weight is 388 g/mol. The molecule has 19 heavy (non-hydrogen) atoms. The summed E-state index contributed by atoms with van der Waals surface area (Å²) in [6.07, 6.45) is 1.12. The number of anilines is 1. The van der Waals surface area contributed by atoms with Crippen molar-refractivity contribution < 1.29 is 8.42 Å². The Morgan fingerprint density at radius 3 is 2.37 bits per heavy atom. The van der Waals surface area contributed by atoms with Crippen molar-refractivity contribution in [3.63, 3.8) is 0 Å². The molecule has 12 heteroatoms. The van der Waals surface area contributed by atoms with Gasteiger partial charge < -0.3 is 0 Å². The maximum absolute atomic E-state index is 12.2. The molecular weight excluding hydrogens is 383 g/mol. The summed E-state index contributed by atoms with van der Waals surface area (Å²) in [7, 11) is -2.56. The molecule has 102 valence electrons. The van der Waals surface area contributed by atoms with Crippen LogP contribution in [0.5, 0.6) is 0 Å². The monoisotopic (exact) mass is 386 g/mol. The minimum Gasteiger partial charge on any atom is -0.272 e. The van der Waals surface area contributed by atoms with Gasteiger partial charge in [0.15, 0.2) is 14.9 Å². The second-order valence-corrected chi connectivity index (χ2v) is 6.31. The van der Waals surface area contributed by atoms with E-state index in [2.05, 4.69) is 40.9 Å². The predicted molar refractivity (Wildman–Crippen MR) is 71.6 cm³/mol. The normalized spacial score (nSPS) is 11.6. The summed E-state index contributed by atoms with van der Waals surface area (Å²) in [6, 6.07) is 0. The van der Waals surface area contributed by atoms with Crippen LogP contribution < -0.4 is 4.72 Å². The Morgan fingerprint density at radius 2 is 1.89 bits per heavy atom. The molecule has 0 aliphatic rings. The van der Waals surface area contributed by atoms with E-state index in [9.17, 15) is 8.42 Å². The average Bonchev–Trinajstić information content (AvgIpc) is 2.64. The van der Waals surface area contributed by atoms with Crippen molar-refractivity contribution in [3.05, 3.63) is 21.2 Å². The van der Waals surface area contributed by atoms with E-state index in [4.69, 9.17) is 23.2 Å². The van der Waals surface area contributed by atoms with Gasteiger partial charge in [0, 0.05) is 7.05 Å². The SMILES string of the molecule is Cn1nnc(Br)c1S(=O)(=O)Nc1c(Cl)ncnc1Cl. The Hall–Kier alpha value is -0.970. The summed E-state index contributed by atoms with van der Waals surface area (Å²) in [5.74, 6) is 0. The van der Waals surface area contributed by atoms with Crippen LogP contribution in [0.25, 0.3) is 0 Å². The minimum absolute atomic E-state index is 0.0617. The molecule has 0 aliphatic heterocycles. The Balaban J connectivity index is 2.49. The van der Waals surface area contributed by atoms with Crippen LogP contribution in [0, 0.1) is 0 Å². The molecule has 0 fully saturated rings. The van der Waals surface area contributed by atoms with E-state index in [1.54, 1.807) is 0 Å². The highest BCUT2D eigenvalue weighted by Crippen LogP contribution is 2.29. The van der Waals surface area contributed by atoms with Crippen LogP contribution in [0.1, 0.15) is 0 Å². The highest BCUT2D eigenvalue weighted by Gasteiger charge is 2.26. The van der Waals surface area contributed by atoms with Gasteiger partial charge in [0.1, 0.15) is 12.0 Å². The number of nitrogens with zero attached hydrogens (tertiary/aromatic N) is 5. The van der Waals surface area contributed by atoms with E-state index in [1.807, 2.05) is 0 Å². The molecule has 0 saturated heterocycles. The summed E-state index contributed by atoms with van der Waals surface area (Å²) in [5.41, 5.74) is -0.112. The third kappa shape index (κ3) is 2.81. The molecule has 0 radical (unpaired) electrons. The third-order valence-electron chi connectivity index (χ3n) is 1.98. The van der Waals surface area contributed by atoms with Gasteiger partial charge in [-0.05, 0) is 15.9 Å². The molecule has 0 atom stereocenters. The zero-order valence-corrected chi connectivity index (χ0v) is 13.1. The Kier molecular flexibility index (Phi) is 3.95. The van der Waals surface area contributed by atoms with Crippen molar-refractivity contribution in [2.24, 2.45) is 7.05 Å². The molecule has 0 saturated carbocycles. The van der Waals surface area contributed by atoms with Gasteiger partial charge >= 0.3 is 0 Å². The third-order valence-corrected chi connectivity index (χ3v) is 4.79. The molecule has 2 rings (SSSR count). The number of halogens is 3. The first-order chi connectivity index (χ1) is 8.83. The van der Waals surface area contributed by atoms with Crippen molar-refractivity contribution in [3.8, 4) is 0 Å². The van der Waals surface area contributed by atoms with E-state index >= 15 is 0 Å². The summed E-state index contributed by atoms with van der Waals surface area (Å²) >= 11 is 14.5. The molecule has 0 unspecified atom stereocenters. The van der Waals surface area contributed by atoms with E-state index in [0.29, 0.717) is 0 Å². The van der Waals surface area contributed by atoms with Crippen molar-refractivity contribution in [1.29, 1.82) is 0 Å². The summed E-state index contributed by atoms with van der Waals surface area (Å²) < 4.78 is 27.7. The van der Waals surface area contributed by atoms with Gasteiger partial charge in [0.05, 0.1) is 0 Å². The summed E-state index contributed by atoms with van der Waals surface area (Å²) in [5, 5.41) is 6.75. The summed E-state index contributed by atoms with van der Waals surface area (Å²) in [4.78, 5) is 7.29. The van der Waals surface area contributed by atoms with Crippen LogP contribution in [0.3, 0.4) is 0 Å². The topological polar surface area (TPSA) is 103 Å². The molecular formula is C7H5BrCl2N6O2S. The second-order valence-electron chi connectivity index (χ2n) is 3.24. The van der Waals surface area contributed by atoms with Crippen molar-refractivity contribution in [1.82, 2.24) is 25.0 Å². The largest absolute Gasteiger partial charge is 0.282 e. The van der Waals surface area contributed by atoms with Crippen molar-refractivity contribution >= 4 is 54.8 Å². The molecule has 1 N–H and O–H groups in total. The van der Waals surface area contributed by atoms with Crippen LogP contribution in [0.2, 0.25) is 10.3 Å². The standard InChI is InChI=1S/C7H5BrCl2N6O2S/c1-16-7(4(8)13-15-16)19(17,18)14-3-5(9)11-2-12-6(3)10/h2,14H,1H3. The first-order valence-corrected chi connectivity index (χ1v) is 7.60. The minimum atomic E-state index is -3.98. The number of aryl methyl sites for hydroxylation is 1. The van der Waals surface area contributed by atoms with Crippen LogP contribution in [-0.2, 0) is 17.1 Å². The Morgan fingerprint density at radius 1 is 1.32 bits per heavy atom. The fraction of sp³-hybridized carbons (Fsp3) is 0.143. The molecule has 2 heterocycles. The number of hydrogen-bond donors (Lipinski definition) is 1. The fourth-order valence-corrected chi connectivity index (χ4v) is 3.91. The van der Waals surface area contributed by atoms with E-state index in [-0.39, 0.29) is 25.6 Å². The number of rotatable bonds is 3. The quantitative estimate of drug-likeness (QED) is 0.800. The Bertz CT molecular complexity index is 693. The van der Waals surface area contributed by atoms with Crippen LogP contribution >= 0.6 is 39.1 Å². The smallest absolute Gasteiger partial charge is 0.272 e. The second kappa shape index (κ2) is 5.19. The van der Waals surface area contributed by atoms with Gasteiger partial charge in [0.25, 0.3) is 10.0 Å². The van der Waals surface area contributed by atoms with E-state index in [1.165, 1.54) is 7.05 Å². The maximum Gasteiger partial charge on any atom is 0.282 e. The number of hydrogen-bond acceptors (Lipinski definition) is 6. The maximum atomic E-state index is 12.2. The van der Waals surface area contributed by atoms with Crippen molar-refractivity contribution in [2.45, 2.75) is 5.03 Å². The van der Waals surface area contributed by atoms with Gasteiger partial charge in [-0.25, -0.2) is 14.6 Å².